The molecule has 0 bridgehead atoms. The summed E-state index contributed by atoms with van der Waals surface area (Å²) in [4.78, 5) is 4.20. The van der Waals surface area contributed by atoms with E-state index in [0.29, 0.717) is 29.9 Å². The molecule has 0 aliphatic carbocycles. The Balaban J connectivity index is 0.00000264. The number of methoxy groups -OCH3 is 1. The van der Waals surface area contributed by atoms with Gasteiger partial charge in [-0.15, -0.1) is 24.0 Å². The predicted molar refractivity (Wildman–Crippen MR) is 105 cm³/mol. The molecule has 0 fully saturated rings. The number of ether oxygens (including phenoxy) is 2. The van der Waals surface area contributed by atoms with Gasteiger partial charge in [0, 0.05) is 16.8 Å². The average Bonchev–Trinajstić information content (AvgIpc) is 2.52. The maximum absolute atomic E-state index is 5.88. The van der Waals surface area contributed by atoms with E-state index in [1.54, 1.807) is 19.2 Å². The van der Waals surface area contributed by atoms with Crippen LogP contribution < -0.4 is 20.5 Å². The Labute approximate surface area is 157 Å². The van der Waals surface area contributed by atoms with Gasteiger partial charge in [0.25, 0.3) is 0 Å². The van der Waals surface area contributed by atoms with Crippen molar-refractivity contribution >= 4 is 47.2 Å². The highest BCUT2D eigenvalue weighted by Crippen LogP contribution is 2.17. The van der Waals surface area contributed by atoms with Gasteiger partial charge >= 0.3 is 0 Å². The number of hydrogen-bond acceptors (Lipinski definition) is 3. The van der Waals surface area contributed by atoms with Gasteiger partial charge < -0.3 is 20.5 Å². The Morgan fingerprint density at radius 3 is 2.65 bits per heavy atom. The lowest BCUT2D eigenvalue weighted by molar-refractivity contribution is 0.329. The fourth-order valence-electron chi connectivity index (χ4n) is 1.77. The molecule has 0 amide bonds. The summed E-state index contributed by atoms with van der Waals surface area (Å²) in [5, 5.41) is 3.63. The topological polar surface area (TPSA) is 68.9 Å². The molecule has 2 aromatic carbocycles. The first-order valence-electron chi connectivity index (χ1n) is 6.77. The van der Waals surface area contributed by atoms with Gasteiger partial charge in [0.2, 0.25) is 0 Å². The summed E-state index contributed by atoms with van der Waals surface area (Å²) in [5.41, 5.74) is 6.64. The maximum atomic E-state index is 5.88. The third-order valence-corrected chi connectivity index (χ3v) is 3.02. The minimum atomic E-state index is 0. The molecule has 2 aromatic rings. The third kappa shape index (κ3) is 6.96. The summed E-state index contributed by atoms with van der Waals surface area (Å²) in [6, 6.07) is 14.7. The van der Waals surface area contributed by atoms with E-state index < -0.39 is 0 Å². The normalized spacial score (nSPS) is 10.6. The van der Waals surface area contributed by atoms with Crippen LogP contribution in [0.25, 0.3) is 0 Å². The first-order chi connectivity index (χ1) is 10.7. The Bertz CT molecular complexity index is 653. The van der Waals surface area contributed by atoms with Crippen molar-refractivity contribution in [1.29, 1.82) is 0 Å². The highest BCUT2D eigenvalue weighted by Gasteiger charge is 1.98. The molecule has 5 nitrogen and oxygen atoms in total. The lowest BCUT2D eigenvalue weighted by Crippen LogP contribution is -2.23. The van der Waals surface area contributed by atoms with Crippen LogP contribution in [0.5, 0.6) is 11.5 Å². The van der Waals surface area contributed by atoms with Crippen LogP contribution in [0.4, 0.5) is 5.69 Å². The molecule has 3 N–H and O–H groups in total. The molecule has 0 radical (unpaired) electrons. The molecule has 0 saturated carbocycles. The van der Waals surface area contributed by atoms with E-state index in [9.17, 15) is 0 Å². The molecular formula is C16H19ClIN3O2. The van der Waals surface area contributed by atoms with Gasteiger partial charge in [-0.05, 0) is 30.3 Å². The van der Waals surface area contributed by atoms with Gasteiger partial charge in [0.15, 0.2) is 5.96 Å². The van der Waals surface area contributed by atoms with Crippen molar-refractivity contribution in [2.45, 2.75) is 0 Å². The molecule has 0 saturated heterocycles. The summed E-state index contributed by atoms with van der Waals surface area (Å²) in [5.74, 6) is 1.78. The van der Waals surface area contributed by atoms with Crippen molar-refractivity contribution in [2.75, 3.05) is 25.6 Å². The zero-order valence-corrected chi connectivity index (χ0v) is 15.7. The van der Waals surface area contributed by atoms with Crippen molar-refractivity contribution < 1.29 is 9.47 Å². The van der Waals surface area contributed by atoms with E-state index in [4.69, 9.17) is 26.8 Å². The molecule has 0 aromatic heterocycles. The zero-order valence-electron chi connectivity index (χ0n) is 12.7. The molecule has 7 heteroatoms. The number of anilines is 1. The SMILES string of the molecule is COc1cccc(NC(N)=NCCOc2cccc(Cl)c2)c1.I. The molecule has 0 atom stereocenters. The summed E-state index contributed by atoms with van der Waals surface area (Å²) < 4.78 is 10.7. The van der Waals surface area contributed by atoms with Crippen LogP contribution in [-0.2, 0) is 0 Å². The average molecular weight is 448 g/mol. The molecule has 23 heavy (non-hydrogen) atoms. The third-order valence-electron chi connectivity index (χ3n) is 2.78. The van der Waals surface area contributed by atoms with Crippen molar-refractivity contribution in [3.63, 3.8) is 0 Å². The first kappa shape index (κ1) is 19.4. The first-order valence-corrected chi connectivity index (χ1v) is 7.14. The Morgan fingerprint density at radius 2 is 1.91 bits per heavy atom. The van der Waals surface area contributed by atoms with E-state index in [-0.39, 0.29) is 24.0 Å². The largest absolute Gasteiger partial charge is 0.497 e. The molecule has 0 heterocycles. The van der Waals surface area contributed by atoms with Crippen LogP contribution in [0, 0.1) is 0 Å². The van der Waals surface area contributed by atoms with Crippen molar-refractivity contribution in [1.82, 2.24) is 0 Å². The van der Waals surface area contributed by atoms with E-state index in [2.05, 4.69) is 10.3 Å². The second-order valence-electron chi connectivity index (χ2n) is 4.43. The van der Waals surface area contributed by atoms with E-state index in [1.807, 2.05) is 36.4 Å². The summed E-state index contributed by atoms with van der Waals surface area (Å²) in [6.07, 6.45) is 0. The summed E-state index contributed by atoms with van der Waals surface area (Å²) in [7, 11) is 1.61. The summed E-state index contributed by atoms with van der Waals surface area (Å²) >= 11 is 5.88. The van der Waals surface area contributed by atoms with Crippen LogP contribution in [0.1, 0.15) is 0 Å². The number of rotatable bonds is 6. The van der Waals surface area contributed by atoms with Gasteiger partial charge in [0.05, 0.1) is 13.7 Å². The fraction of sp³-hybridized carbons (Fsp3) is 0.188. The molecule has 0 unspecified atom stereocenters. The smallest absolute Gasteiger partial charge is 0.193 e. The fourth-order valence-corrected chi connectivity index (χ4v) is 1.95. The number of nitrogens with two attached hydrogens (primary N) is 1. The van der Waals surface area contributed by atoms with E-state index in [1.165, 1.54) is 0 Å². The van der Waals surface area contributed by atoms with Crippen LogP contribution in [0.3, 0.4) is 0 Å². The lowest BCUT2D eigenvalue weighted by atomic mass is 10.3. The van der Waals surface area contributed by atoms with Gasteiger partial charge in [-0.25, -0.2) is 4.99 Å². The van der Waals surface area contributed by atoms with E-state index in [0.717, 1.165) is 11.4 Å². The second kappa shape index (κ2) is 10.2. The van der Waals surface area contributed by atoms with Crippen molar-refractivity contribution in [3.8, 4) is 11.5 Å². The van der Waals surface area contributed by atoms with Gasteiger partial charge in [-0.2, -0.15) is 0 Å². The molecule has 124 valence electrons. The zero-order chi connectivity index (χ0) is 15.8. The van der Waals surface area contributed by atoms with Crippen LogP contribution in [-0.4, -0.2) is 26.2 Å². The Hall–Kier alpha value is -1.67. The number of halogens is 2. The summed E-state index contributed by atoms with van der Waals surface area (Å²) in [6.45, 7) is 0.857. The Morgan fingerprint density at radius 1 is 1.17 bits per heavy atom. The number of guanidine groups is 1. The number of benzene rings is 2. The predicted octanol–water partition coefficient (Wildman–Crippen LogP) is 3.77. The van der Waals surface area contributed by atoms with E-state index >= 15 is 0 Å². The van der Waals surface area contributed by atoms with Gasteiger partial charge in [-0.3, -0.25) is 0 Å². The van der Waals surface area contributed by atoms with Crippen molar-refractivity contribution in [3.05, 3.63) is 53.6 Å². The maximum Gasteiger partial charge on any atom is 0.193 e. The minimum absolute atomic E-state index is 0. The Kier molecular flexibility index (Phi) is 8.57. The molecule has 0 spiro atoms. The second-order valence-corrected chi connectivity index (χ2v) is 4.87. The van der Waals surface area contributed by atoms with Crippen LogP contribution in [0.2, 0.25) is 5.02 Å². The van der Waals surface area contributed by atoms with Crippen LogP contribution >= 0.6 is 35.6 Å². The van der Waals surface area contributed by atoms with Crippen LogP contribution in [0.15, 0.2) is 53.5 Å². The lowest BCUT2D eigenvalue weighted by Gasteiger charge is -2.08. The molecule has 0 aliphatic rings. The highest BCUT2D eigenvalue weighted by atomic mass is 127. The number of aliphatic imine (C=N–C) groups is 1. The van der Waals surface area contributed by atoms with Crippen molar-refractivity contribution in [2.24, 2.45) is 10.7 Å². The quantitative estimate of drug-likeness (QED) is 0.306. The minimum Gasteiger partial charge on any atom is -0.497 e. The molecule has 0 aliphatic heterocycles. The molecule has 2 rings (SSSR count). The van der Waals surface area contributed by atoms with Gasteiger partial charge in [0.1, 0.15) is 18.1 Å². The number of nitrogens with one attached hydrogen (secondary N) is 1. The van der Waals surface area contributed by atoms with Gasteiger partial charge in [-0.1, -0.05) is 23.7 Å². The number of hydrogen-bond donors (Lipinski definition) is 2. The molecular weight excluding hydrogens is 429 g/mol. The monoisotopic (exact) mass is 447 g/mol. The number of nitrogens with zero attached hydrogens (tertiary/aromatic N) is 1. The highest BCUT2D eigenvalue weighted by molar-refractivity contribution is 14.0. The standard InChI is InChI=1S/C16H18ClN3O2.HI/c1-21-14-6-3-5-13(11-14)20-16(18)19-8-9-22-15-7-2-4-12(17)10-15;/h2-7,10-11H,8-9H2,1H3,(H3,18,19,20);1H.